The van der Waals surface area contributed by atoms with Crippen LogP contribution in [0.15, 0.2) is 48.5 Å². The van der Waals surface area contributed by atoms with Crippen LogP contribution in [0.1, 0.15) is 26.3 Å². The highest BCUT2D eigenvalue weighted by Crippen LogP contribution is 2.10. The number of carbonyl (C=O) groups excluding carboxylic acids is 1. The van der Waals surface area contributed by atoms with Crippen molar-refractivity contribution in [3.05, 3.63) is 71.3 Å². The van der Waals surface area contributed by atoms with Crippen LogP contribution in [0, 0.1) is 6.07 Å². The fourth-order valence-electron chi connectivity index (χ4n) is 1.47. The minimum Gasteiger partial charge on any atom is -0.478 e. The maximum Gasteiger partial charge on any atom is 0.335 e. The lowest BCUT2D eigenvalue weighted by atomic mass is 10.0. The Kier molecular flexibility index (Phi) is 3.01. The fourth-order valence-corrected chi connectivity index (χ4v) is 1.47. The molecule has 0 aromatic heterocycles. The summed E-state index contributed by atoms with van der Waals surface area (Å²) in [7, 11) is 0. The summed E-state index contributed by atoms with van der Waals surface area (Å²) in [6.07, 6.45) is 0. The summed E-state index contributed by atoms with van der Waals surface area (Å²) in [5, 5.41) is 8.74. The molecule has 2 aromatic carbocycles. The summed E-state index contributed by atoms with van der Waals surface area (Å²) < 4.78 is 0. The zero-order valence-electron chi connectivity index (χ0n) is 8.88. The smallest absolute Gasteiger partial charge is 0.335 e. The molecule has 2 rings (SSSR count). The highest BCUT2D eigenvalue weighted by Gasteiger charge is 2.09. The molecule has 2 aromatic rings. The summed E-state index contributed by atoms with van der Waals surface area (Å²) in [5.41, 5.74) is 1.20. The first kappa shape index (κ1) is 11.1. The van der Waals surface area contributed by atoms with Crippen molar-refractivity contribution in [1.82, 2.24) is 0 Å². The quantitative estimate of drug-likeness (QED) is 0.816. The van der Waals surface area contributed by atoms with Crippen molar-refractivity contribution in [2.45, 2.75) is 0 Å². The van der Waals surface area contributed by atoms with E-state index in [4.69, 9.17) is 5.11 Å². The van der Waals surface area contributed by atoms with Crippen LogP contribution in [0.4, 0.5) is 0 Å². The van der Waals surface area contributed by atoms with Gasteiger partial charge in [-0.3, -0.25) is 4.79 Å². The van der Waals surface area contributed by atoms with Crippen LogP contribution in [-0.2, 0) is 0 Å². The van der Waals surface area contributed by atoms with Crippen molar-refractivity contribution >= 4 is 11.8 Å². The number of hydrogen-bond donors (Lipinski definition) is 1. The van der Waals surface area contributed by atoms with Crippen LogP contribution in [-0.4, -0.2) is 16.9 Å². The summed E-state index contributed by atoms with van der Waals surface area (Å²) >= 11 is 0. The molecule has 0 saturated carbocycles. The SMILES string of the molecule is O=C(O)c1ccc(C(=O)c2cc[c]cc2)cc1. The lowest BCUT2D eigenvalue weighted by Crippen LogP contribution is -2.02. The van der Waals surface area contributed by atoms with Gasteiger partial charge >= 0.3 is 5.97 Å². The van der Waals surface area contributed by atoms with E-state index in [-0.39, 0.29) is 11.3 Å². The second-order valence-corrected chi connectivity index (χ2v) is 3.50. The highest BCUT2D eigenvalue weighted by molar-refractivity contribution is 6.09. The number of benzene rings is 2. The van der Waals surface area contributed by atoms with Gasteiger partial charge in [0.25, 0.3) is 0 Å². The fraction of sp³-hybridized carbons (Fsp3) is 0. The van der Waals surface area contributed by atoms with Gasteiger partial charge < -0.3 is 5.11 Å². The maximum absolute atomic E-state index is 12.0. The Morgan fingerprint density at radius 2 is 1.29 bits per heavy atom. The Morgan fingerprint density at radius 3 is 1.82 bits per heavy atom. The van der Waals surface area contributed by atoms with Crippen LogP contribution in [0.3, 0.4) is 0 Å². The lowest BCUT2D eigenvalue weighted by Gasteiger charge is -2.01. The van der Waals surface area contributed by atoms with Crippen molar-refractivity contribution < 1.29 is 14.7 Å². The van der Waals surface area contributed by atoms with Crippen LogP contribution in [0.2, 0.25) is 0 Å². The number of carbonyl (C=O) groups is 2. The van der Waals surface area contributed by atoms with Gasteiger partial charge in [0, 0.05) is 11.1 Å². The number of carboxylic acid groups (broad SMARTS) is 1. The molecule has 0 spiro atoms. The first-order chi connectivity index (χ1) is 8.18. The van der Waals surface area contributed by atoms with E-state index in [1.807, 2.05) is 0 Å². The summed E-state index contributed by atoms with van der Waals surface area (Å²) in [4.78, 5) is 22.6. The molecule has 0 aliphatic heterocycles. The van der Waals surface area contributed by atoms with E-state index >= 15 is 0 Å². The standard InChI is InChI=1S/C14H9O3/c15-13(10-4-2-1-3-5-10)11-6-8-12(9-7-11)14(16)17/h2-9H,(H,16,17). The van der Waals surface area contributed by atoms with Crippen molar-refractivity contribution in [2.75, 3.05) is 0 Å². The van der Waals surface area contributed by atoms with E-state index in [9.17, 15) is 9.59 Å². The van der Waals surface area contributed by atoms with Crippen molar-refractivity contribution in [2.24, 2.45) is 0 Å². The number of hydrogen-bond acceptors (Lipinski definition) is 2. The van der Waals surface area contributed by atoms with Gasteiger partial charge in [0.05, 0.1) is 5.56 Å². The first-order valence-corrected chi connectivity index (χ1v) is 5.02. The molecule has 0 atom stereocenters. The van der Waals surface area contributed by atoms with E-state index in [1.54, 1.807) is 24.3 Å². The molecule has 0 bridgehead atoms. The number of carboxylic acids is 1. The van der Waals surface area contributed by atoms with Gasteiger partial charge in [0.1, 0.15) is 0 Å². The molecule has 0 heterocycles. The predicted molar refractivity (Wildman–Crippen MR) is 62.1 cm³/mol. The zero-order valence-corrected chi connectivity index (χ0v) is 8.88. The second kappa shape index (κ2) is 4.61. The molecule has 1 N–H and O–H groups in total. The first-order valence-electron chi connectivity index (χ1n) is 5.02. The predicted octanol–water partition coefficient (Wildman–Crippen LogP) is 2.42. The molecule has 0 amide bonds. The Hall–Kier alpha value is -2.42. The molecule has 3 heteroatoms. The minimum absolute atomic E-state index is 0.129. The molecular formula is C14H9O3. The second-order valence-electron chi connectivity index (χ2n) is 3.50. The lowest BCUT2D eigenvalue weighted by molar-refractivity contribution is 0.0696. The third-order valence-corrected chi connectivity index (χ3v) is 2.37. The van der Waals surface area contributed by atoms with Crippen molar-refractivity contribution in [1.29, 1.82) is 0 Å². The van der Waals surface area contributed by atoms with Crippen LogP contribution < -0.4 is 0 Å². The normalized spacial score (nSPS) is 9.88. The Balaban J connectivity index is 2.30. The maximum atomic E-state index is 12.0. The average Bonchev–Trinajstić information content (AvgIpc) is 2.39. The van der Waals surface area contributed by atoms with Gasteiger partial charge in [-0.1, -0.05) is 36.4 Å². The van der Waals surface area contributed by atoms with Crippen LogP contribution >= 0.6 is 0 Å². The molecule has 1 radical (unpaired) electrons. The minimum atomic E-state index is -1.00. The molecule has 0 saturated heterocycles. The van der Waals surface area contributed by atoms with Crippen molar-refractivity contribution in [3.8, 4) is 0 Å². The number of rotatable bonds is 3. The van der Waals surface area contributed by atoms with E-state index in [2.05, 4.69) is 6.07 Å². The van der Waals surface area contributed by atoms with Gasteiger partial charge in [-0.05, 0) is 18.2 Å². The summed E-state index contributed by atoms with van der Waals surface area (Å²) in [6, 6.07) is 15.4. The van der Waals surface area contributed by atoms with E-state index in [1.165, 1.54) is 24.3 Å². The van der Waals surface area contributed by atoms with Crippen LogP contribution in [0.25, 0.3) is 0 Å². The largest absolute Gasteiger partial charge is 0.478 e. The Labute approximate surface area is 98.3 Å². The molecule has 83 valence electrons. The van der Waals surface area contributed by atoms with E-state index in [0.717, 1.165) is 0 Å². The molecule has 0 unspecified atom stereocenters. The molecule has 0 aliphatic carbocycles. The third-order valence-electron chi connectivity index (χ3n) is 2.37. The average molecular weight is 225 g/mol. The van der Waals surface area contributed by atoms with Gasteiger partial charge in [-0.25, -0.2) is 4.79 Å². The third kappa shape index (κ3) is 2.39. The topological polar surface area (TPSA) is 54.4 Å². The number of ketones is 1. The van der Waals surface area contributed by atoms with E-state index < -0.39 is 5.97 Å². The Bertz CT molecular complexity index is 541. The van der Waals surface area contributed by atoms with Gasteiger partial charge in [0.2, 0.25) is 0 Å². The van der Waals surface area contributed by atoms with Gasteiger partial charge in [0.15, 0.2) is 5.78 Å². The number of aromatic carboxylic acids is 1. The molecule has 3 nitrogen and oxygen atoms in total. The highest BCUT2D eigenvalue weighted by atomic mass is 16.4. The molecular weight excluding hydrogens is 216 g/mol. The van der Waals surface area contributed by atoms with E-state index in [0.29, 0.717) is 11.1 Å². The zero-order chi connectivity index (χ0) is 12.3. The van der Waals surface area contributed by atoms with Crippen LogP contribution in [0.5, 0.6) is 0 Å². The molecule has 17 heavy (non-hydrogen) atoms. The Morgan fingerprint density at radius 1 is 0.824 bits per heavy atom. The molecule has 0 aliphatic rings. The van der Waals surface area contributed by atoms with Crippen molar-refractivity contribution in [3.63, 3.8) is 0 Å². The summed E-state index contributed by atoms with van der Waals surface area (Å²) in [6.45, 7) is 0. The van der Waals surface area contributed by atoms with Gasteiger partial charge in [-0.15, -0.1) is 0 Å². The monoisotopic (exact) mass is 225 g/mol. The molecule has 0 fully saturated rings. The van der Waals surface area contributed by atoms with Gasteiger partial charge in [-0.2, -0.15) is 0 Å². The summed E-state index contributed by atoms with van der Waals surface area (Å²) in [5.74, 6) is -1.13.